The number of hydrogen-bond acceptors (Lipinski definition) is 6. The number of benzene rings is 2. The first-order valence-electron chi connectivity index (χ1n) is 8.10. The zero-order valence-electron chi connectivity index (χ0n) is 14.4. The first-order valence-corrected chi connectivity index (χ1v) is 9.67. The smallest absolute Gasteiger partial charge is 0.257 e. The first-order chi connectivity index (χ1) is 13.5. The van der Waals surface area contributed by atoms with Gasteiger partial charge in [-0.1, -0.05) is 27.2 Å². The van der Waals surface area contributed by atoms with Gasteiger partial charge in [-0.25, -0.2) is 9.07 Å². The molecule has 7 nitrogen and oxygen atoms in total. The second kappa shape index (κ2) is 7.56. The average molecular weight is 459 g/mol. The van der Waals surface area contributed by atoms with Crippen LogP contribution in [-0.4, -0.2) is 30.3 Å². The SMILES string of the molecule is Cc1c(-c2nsc(NC(=O)c3ccc(Br)cc3)n2)nnn1-c1cccc(F)c1. The van der Waals surface area contributed by atoms with E-state index in [9.17, 15) is 9.18 Å². The van der Waals surface area contributed by atoms with Gasteiger partial charge in [0, 0.05) is 21.6 Å². The van der Waals surface area contributed by atoms with E-state index in [1.807, 2.05) is 0 Å². The van der Waals surface area contributed by atoms with E-state index in [-0.39, 0.29) is 11.7 Å². The number of amides is 1. The van der Waals surface area contributed by atoms with Crippen molar-refractivity contribution in [3.8, 4) is 17.2 Å². The Morgan fingerprint density at radius 2 is 2.00 bits per heavy atom. The Bertz CT molecular complexity index is 1160. The Hall–Kier alpha value is -2.98. The zero-order chi connectivity index (χ0) is 19.7. The normalized spacial score (nSPS) is 10.8. The van der Waals surface area contributed by atoms with Crippen LogP contribution in [0.3, 0.4) is 0 Å². The van der Waals surface area contributed by atoms with Crippen LogP contribution in [0.2, 0.25) is 0 Å². The number of hydrogen-bond donors (Lipinski definition) is 1. The zero-order valence-corrected chi connectivity index (χ0v) is 16.8. The largest absolute Gasteiger partial charge is 0.297 e. The molecule has 2 aromatic carbocycles. The summed E-state index contributed by atoms with van der Waals surface area (Å²) in [4.78, 5) is 16.6. The first kappa shape index (κ1) is 18.4. The highest BCUT2D eigenvalue weighted by molar-refractivity contribution is 9.10. The summed E-state index contributed by atoms with van der Waals surface area (Å²) in [5.41, 5.74) is 2.18. The molecule has 0 aliphatic heterocycles. The van der Waals surface area contributed by atoms with Gasteiger partial charge in [0.15, 0.2) is 11.5 Å². The van der Waals surface area contributed by atoms with Crippen LogP contribution in [0, 0.1) is 12.7 Å². The third-order valence-corrected chi connectivity index (χ3v) is 5.07. The van der Waals surface area contributed by atoms with Gasteiger partial charge < -0.3 is 0 Å². The van der Waals surface area contributed by atoms with E-state index >= 15 is 0 Å². The van der Waals surface area contributed by atoms with Gasteiger partial charge in [-0.3, -0.25) is 10.1 Å². The van der Waals surface area contributed by atoms with Crippen LogP contribution in [0.4, 0.5) is 9.52 Å². The Balaban J connectivity index is 1.56. The minimum absolute atomic E-state index is 0.282. The highest BCUT2D eigenvalue weighted by atomic mass is 79.9. The molecule has 0 bridgehead atoms. The molecule has 0 radical (unpaired) electrons. The molecule has 0 saturated carbocycles. The summed E-state index contributed by atoms with van der Waals surface area (Å²) in [6, 6.07) is 13.0. The fourth-order valence-electron chi connectivity index (χ4n) is 2.53. The fourth-order valence-corrected chi connectivity index (χ4v) is 3.36. The third-order valence-electron chi connectivity index (χ3n) is 3.91. The molecular formula is C18H12BrFN6OS. The summed E-state index contributed by atoms with van der Waals surface area (Å²) < 4.78 is 20.1. The molecular weight excluding hydrogens is 447 g/mol. The maximum absolute atomic E-state index is 13.5. The monoisotopic (exact) mass is 458 g/mol. The third kappa shape index (κ3) is 3.69. The van der Waals surface area contributed by atoms with Crippen molar-refractivity contribution in [2.75, 3.05) is 5.32 Å². The molecule has 0 saturated heterocycles. The Labute approximate surface area is 171 Å². The van der Waals surface area contributed by atoms with Crippen molar-refractivity contribution in [3.05, 3.63) is 70.1 Å². The van der Waals surface area contributed by atoms with E-state index in [2.05, 4.69) is 40.9 Å². The number of carbonyl (C=O) groups excluding carboxylic acids is 1. The molecule has 2 aromatic heterocycles. The van der Waals surface area contributed by atoms with Crippen LogP contribution < -0.4 is 5.32 Å². The molecule has 0 spiro atoms. The lowest BCUT2D eigenvalue weighted by Crippen LogP contribution is -2.11. The molecule has 1 amide bonds. The highest BCUT2D eigenvalue weighted by Crippen LogP contribution is 2.24. The van der Waals surface area contributed by atoms with Crippen LogP contribution in [0.25, 0.3) is 17.2 Å². The number of nitrogens with zero attached hydrogens (tertiary/aromatic N) is 5. The van der Waals surface area contributed by atoms with Gasteiger partial charge in [0.2, 0.25) is 5.13 Å². The van der Waals surface area contributed by atoms with Crippen molar-refractivity contribution in [3.63, 3.8) is 0 Å². The second-order valence-electron chi connectivity index (χ2n) is 5.80. The lowest BCUT2D eigenvalue weighted by molar-refractivity contribution is 0.102. The van der Waals surface area contributed by atoms with Crippen molar-refractivity contribution < 1.29 is 9.18 Å². The molecule has 0 aliphatic rings. The van der Waals surface area contributed by atoms with E-state index in [1.54, 1.807) is 43.3 Å². The van der Waals surface area contributed by atoms with Crippen LogP contribution >= 0.6 is 27.5 Å². The van der Waals surface area contributed by atoms with Crippen molar-refractivity contribution in [2.45, 2.75) is 6.92 Å². The lowest BCUT2D eigenvalue weighted by atomic mass is 10.2. The van der Waals surface area contributed by atoms with E-state index in [0.717, 1.165) is 16.0 Å². The Morgan fingerprint density at radius 1 is 1.21 bits per heavy atom. The molecule has 4 aromatic rings. The topological polar surface area (TPSA) is 85.6 Å². The molecule has 140 valence electrons. The van der Waals surface area contributed by atoms with Gasteiger partial charge in [-0.2, -0.15) is 9.36 Å². The molecule has 0 aliphatic carbocycles. The summed E-state index contributed by atoms with van der Waals surface area (Å²) in [5.74, 6) is -0.301. The Morgan fingerprint density at radius 3 is 2.75 bits per heavy atom. The fraction of sp³-hybridized carbons (Fsp3) is 0.0556. The maximum atomic E-state index is 13.5. The number of aromatic nitrogens is 5. The quantitative estimate of drug-likeness (QED) is 0.493. The van der Waals surface area contributed by atoms with Gasteiger partial charge in [-0.05, 0) is 49.4 Å². The van der Waals surface area contributed by atoms with E-state index in [0.29, 0.717) is 33.6 Å². The molecule has 2 heterocycles. The van der Waals surface area contributed by atoms with E-state index in [4.69, 9.17) is 0 Å². The van der Waals surface area contributed by atoms with E-state index < -0.39 is 0 Å². The summed E-state index contributed by atoms with van der Waals surface area (Å²) >= 11 is 4.38. The van der Waals surface area contributed by atoms with Gasteiger partial charge in [0.1, 0.15) is 5.82 Å². The Kier molecular flexibility index (Phi) is 4.97. The van der Waals surface area contributed by atoms with E-state index in [1.165, 1.54) is 16.8 Å². The lowest BCUT2D eigenvalue weighted by Gasteiger charge is -2.02. The van der Waals surface area contributed by atoms with Crippen molar-refractivity contribution in [2.24, 2.45) is 0 Å². The standard InChI is InChI=1S/C18H12BrFN6OS/c1-10-15(23-25-26(10)14-4-2-3-13(20)9-14)16-21-18(28-24-16)22-17(27)11-5-7-12(19)8-6-11/h2-9H,1H3,(H,21,22,24,27). The van der Waals surface area contributed by atoms with Crippen molar-refractivity contribution in [1.82, 2.24) is 24.4 Å². The van der Waals surface area contributed by atoms with Crippen LogP contribution in [0.1, 0.15) is 16.1 Å². The summed E-state index contributed by atoms with van der Waals surface area (Å²) in [7, 11) is 0. The number of nitrogens with one attached hydrogen (secondary N) is 1. The second-order valence-corrected chi connectivity index (χ2v) is 7.47. The molecule has 4 rings (SSSR count). The van der Waals surface area contributed by atoms with Crippen LogP contribution in [0.15, 0.2) is 53.0 Å². The van der Waals surface area contributed by atoms with Gasteiger partial charge in [-0.15, -0.1) is 5.10 Å². The molecule has 10 heteroatoms. The van der Waals surface area contributed by atoms with Gasteiger partial charge in [0.25, 0.3) is 5.91 Å². The number of rotatable bonds is 4. The van der Waals surface area contributed by atoms with Gasteiger partial charge in [0.05, 0.1) is 11.4 Å². The number of carbonyl (C=O) groups is 1. The van der Waals surface area contributed by atoms with Gasteiger partial charge >= 0.3 is 0 Å². The molecule has 0 unspecified atom stereocenters. The molecule has 28 heavy (non-hydrogen) atoms. The highest BCUT2D eigenvalue weighted by Gasteiger charge is 2.18. The minimum Gasteiger partial charge on any atom is -0.297 e. The van der Waals surface area contributed by atoms with Crippen molar-refractivity contribution >= 4 is 38.5 Å². The summed E-state index contributed by atoms with van der Waals surface area (Å²) in [6.07, 6.45) is 0. The molecule has 0 fully saturated rings. The molecule has 0 atom stereocenters. The predicted octanol–water partition coefficient (Wildman–Crippen LogP) is 4.25. The summed E-state index contributed by atoms with van der Waals surface area (Å²) in [6.45, 7) is 1.79. The molecule has 1 N–H and O–H groups in total. The van der Waals surface area contributed by atoms with Crippen LogP contribution in [0.5, 0.6) is 0 Å². The number of anilines is 1. The minimum atomic E-state index is -0.362. The predicted molar refractivity (Wildman–Crippen MR) is 107 cm³/mol. The van der Waals surface area contributed by atoms with Crippen LogP contribution in [-0.2, 0) is 0 Å². The maximum Gasteiger partial charge on any atom is 0.257 e. The summed E-state index contributed by atoms with van der Waals surface area (Å²) in [5, 5.41) is 11.2. The number of halogens is 2. The average Bonchev–Trinajstić information content (AvgIpc) is 3.28. The van der Waals surface area contributed by atoms with Crippen molar-refractivity contribution in [1.29, 1.82) is 0 Å².